The Balaban J connectivity index is 1.47. The predicted octanol–water partition coefficient (Wildman–Crippen LogP) is 1.82. The van der Waals surface area contributed by atoms with E-state index in [1.807, 2.05) is 30.1 Å². The SMILES string of the molecule is CN(CCN1CCOCC1)C(=O)CCCOCCc1ccccc1. The number of benzene rings is 1. The van der Waals surface area contributed by atoms with Crippen molar-refractivity contribution in [3.05, 3.63) is 35.9 Å². The van der Waals surface area contributed by atoms with E-state index in [-0.39, 0.29) is 5.91 Å². The minimum absolute atomic E-state index is 0.204. The van der Waals surface area contributed by atoms with Crippen molar-refractivity contribution in [1.29, 1.82) is 0 Å². The van der Waals surface area contributed by atoms with E-state index in [9.17, 15) is 4.79 Å². The second-order valence-corrected chi connectivity index (χ2v) is 6.22. The van der Waals surface area contributed by atoms with Gasteiger partial charge in [0, 0.05) is 46.3 Å². The Kier molecular flexibility index (Phi) is 8.81. The highest BCUT2D eigenvalue weighted by Gasteiger charge is 2.13. The molecule has 1 amide bonds. The van der Waals surface area contributed by atoms with Gasteiger partial charge >= 0.3 is 0 Å². The summed E-state index contributed by atoms with van der Waals surface area (Å²) < 4.78 is 11.0. The lowest BCUT2D eigenvalue weighted by Gasteiger charge is -2.28. The van der Waals surface area contributed by atoms with Crippen LogP contribution < -0.4 is 0 Å². The van der Waals surface area contributed by atoms with Gasteiger partial charge in [-0.25, -0.2) is 0 Å². The summed E-state index contributed by atoms with van der Waals surface area (Å²) in [7, 11) is 1.89. The number of nitrogens with zero attached hydrogens (tertiary/aromatic N) is 2. The molecule has 1 aliphatic rings. The Labute approximate surface area is 145 Å². The molecule has 0 atom stereocenters. The Morgan fingerprint density at radius 2 is 1.96 bits per heavy atom. The molecule has 0 saturated carbocycles. The van der Waals surface area contributed by atoms with E-state index < -0.39 is 0 Å². The van der Waals surface area contributed by atoms with Gasteiger partial charge in [0.25, 0.3) is 0 Å². The fourth-order valence-corrected chi connectivity index (χ4v) is 2.69. The topological polar surface area (TPSA) is 42.0 Å². The average molecular weight is 334 g/mol. The van der Waals surface area contributed by atoms with Crippen LogP contribution in [0.2, 0.25) is 0 Å². The summed E-state index contributed by atoms with van der Waals surface area (Å²) >= 11 is 0. The van der Waals surface area contributed by atoms with Gasteiger partial charge in [0.15, 0.2) is 0 Å². The van der Waals surface area contributed by atoms with Gasteiger partial charge in [0.05, 0.1) is 19.8 Å². The van der Waals surface area contributed by atoms with E-state index in [2.05, 4.69) is 17.0 Å². The maximum atomic E-state index is 12.1. The summed E-state index contributed by atoms with van der Waals surface area (Å²) in [6, 6.07) is 10.3. The van der Waals surface area contributed by atoms with Gasteiger partial charge in [-0.2, -0.15) is 0 Å². The minimum atomic E-state index is 0.204. The first-order valence-corrected chi connectivity index (χ1v) is 8.91. The van der Waals surface area contributed by atoms with Gasteiger partial charge in [-0.1, -0.05) is 30.3 Å². The molecule has 134 valence electrons. The number of morpholine rings is 1. The number of hydrogen-bond acceptors (Lipinski definition) is 4. The maximum Gasteiger partial charge on any atom is 0.222 e. The van der Waals surface area contributed by atoms with Crippen molar-refractivity contribution >= 4 is 5.91 Å². The first-order valence-electron chi connectivity index (χ1n) is 8.91. The molecule has 0 aromatic heterocycles. The van der Waals surface area contributed by atoms with E-state index in [4.69, 9.17) is 9.47 Å². The lowest BCUT2D eigenvalue weighted by molar-refractivity contribution is -0.130. The summed E-state index contributed by atoms with van der Waals surface area (Å²) in [5.74, 6) is 0.204. The van der Waals surface area contributed by atoms with Crippen molar-refractivity contribution in [2.75, 3.05) is 59.7 Å². The summed E-state index contributed by atoms with van der Waals surface area (Å²) in [6.45, 7) is 6.62. The Morgan fingerprint density at radius 1 is 1.21 bits per heavy atom. The van der Waals surface area contributed by atoms with Crippen molar-refractivity contribution in [3.63, 3.8) is 0 Å². The van der Waals surface area contributed by atoms with Crippen molar-refractivity contribution in [3.8, 4) is 0 Å². The zero-order valence-corrected chi connectivity index (χ0v) is 14.8. The van der Waals surface area contributed by atoms with Crippen molar-refractivity contribution in [2.24, 2.45) is 0 Å². The van der Waals surface area contributed by atoms with Crippen molar-refractivity contribution in [2.45, 2.75) is 19.3 Å². The number of carbonyl (C=O) groups excluding carboxylic acids is 1. The molecular formula is C19H30N2O3. The van der Waals surface area contributed by atoms with Crippen LogP contribution in [-0.4, -0.2) is 75.4 Å². The van der Waals surface area contributed by atoms with E-state index >= 15 is 0 Å². The van der Waals surface area contributed by atoms with Gasteiger partial charge in [-0.15, -0.1) is 0 Å². The summed E-state index contributed by atoms with van der Waals surface area (Å²) in [6.07, 6.45) is 2.27. The van der Waals surface area contributed by atoms with Crippen LogP contribution in [0.3, 0.4) is 0 Å². The Morgan fingerprint density at radius 3 is 2.71 bits per heavy atom. The normalized spacial score (nSPS) is 15.4. The monoisotopic (exact) mass is 334 g/mol. The maximum absolute atomic E-state index is 12.1. The van der Waals surface area contributed by atoms with Gasteiger partial charge < -0.3 is 14.4 Å². The van der Waals surface area contributed by atoms with Crippen LogP contribution in [0.1, 0.15) is 18.4 Å². The molecule has 1 fully saturated rings. The third-order valence-electron chi connectivity index (χ3n) is 4.34. The molecule has 1 saturated heterocycles. The second-order valence-electron chi connectivity index (χ2n) is 6.22. The van der Waals surface area contributed by atoms with Crippen molar-refractivity contribution < 1.29 is 14.3 Å². The summed E-state index contributed by atoms with van der Waals surface area (Å²) in [5, 5.41) is 0. The lowest BCUT2D eigenvalue weighted by atomic mass is 10.2. The summed E-state index contributed by atoms with van der Waals surface area (Å²) in [4.78, 5) is 16.3. The third kappa shape index (κ3) is 7.43. The number of amides is 1. The van der Waals surface area contributed by atoms with Gasteiger partial charge in [-0.3, -0.25) is 9.69 Å². The number of carbonyl (C=O) groups is 1. The van der Waals surface area contributed by atoms with Crippen LogP contribution >= 0.6 is 0 Å². The van der Waals surface area contributed by atoms with Crippen LogP contribution in [0.5, 0.6) is 0 Å². The van der Waals surface area contributed by atoms with Gasteiger partial charge in [0.1, 0.15) is 0 Å². The minimum Gasteiger partial charge on any atom is -0.381 e. The molecule has 5 heteroatoms. The standard InChI is InChI=1S/C19H30N2O3/c1-20(10-11-21-12-16-24-17-13-21)19(22)8-5-14-23-15-9-18-6-3-2-4-7-18/h2-4,6-7H,5,8-17H2,1H3. The third-order valence-corrected chi connectivity index (χ3v) is 4.34. The van der Waals surface area contributed by atoms with Crippen LogP contribution in [0.25, 0.3) is 0 Å². The average Bonchev–Trinajstić information content (AvgIpc) is 2.64. The molecule has 0 N–H and O–H groups in total. The molecule has 5 nitrogen and oxygen atoms in total. The first-order chi connectivity index (χ1) is 11.8. The molecule has 0 spiro atoms. The zero-order chi connectivity index (χ0) is 17.0. The zero-order valence-electron chi connectivity index (χ0n) is 14.8. The summed E-state index contributed by atoms with van der Waals surface area (Å²) in [5.41, 5.74) is 1.29. The Bertz CT molecular complexity index is 461. The second kappa shape index (κ2) is 11.2. The smallest absolute Gasteiger partial charge is 0.222 e. The molecule has 0 radical (unpaired) electrons. The fourth-order valence-electron chi connectivity index (χ4n) is 2.69. The quantitative estimate of drug-likeness (QED) is 0.612. The largest absolute Gasteiger partial charge is 0.381 e. The van der Waals surface area contributed by atoms with E-state index in [1.165, 1.54) is 5.56 Å². The molecular weight excluding hydrogens is 304 g/mol. The number of hydrogen-bond donors (Lipinski definition) is 0. The van der Waals surface area contributed by atoms with Crippen LogP contribution in [0.4, 0.5) is 0 Å². The van der Waals surface area contributed by atoms with Gasteiger partial charge in [-0.05, 0) is 18.4 Å². The fraction of sp³-hybridized carbons (Fsp3) is 0.632. The highest BCUT2D eigenvalue weighted by molar-refractivity contribution is 5.75. The number of likely N-dealkylation sites (N-methyl/N-ethyl adjacent to an activating group) is 1. The van der Waals surface area contributed by atoms with Gasteiger partial charge in [0.2, 0.25) is 5.91 Å². The lowest BCUT2D eigenvalue weighted by Crippen LogP contribution is -2.41. The number of ether oxygens (including phenoxy) is 2. The highest BCUT2D eigenvalue weighted by Crippen LogP contribution is 2.02. The molecule has 2 rings (SSSR count). The molecule has 0 bridgehead atoms. The molecule has 1 heterocycles. The van der Waals surface area contributed by atoms with Crippen LogP contribution in [0, 0.1) is 0 Å². The van der Waals surface area contributed by atoms with Crippen molar-refractivity contribution in [1.82, 2.24) is 9.80 Å². The molecule has 1 aromatic rings. The molecule has 0 unspecified atom stereocenters. The highest BCUT2D eigenvalue weighted by atomic mass is 16.5. The molecule has 1 aromatic carbocycles. The van der Waals surface area contributed by atoms with E-state index in [0.29, 0.717) is 19.6 Å². The molecule has 1 aliphatic heterocycles. The predicted molar refractivity (Wildman–Crippen MR) is 95.1 cm³/mol. The molecule has 0 aliphatic carbocycles. The number of rotatable bonds is 10. The molecule has 24 heavy (non-hydrogen) atoms. The Hall–Kier alpha value is -1.43. The van der Waals surface area contributed by atoms with E-state index in [1.54, 1.807) is 0 Å². The van der Waals surface area contributed by atoms with E-state index in [0.717, 1.165) is 52.2 Å². The van der Waals surface area contributed by atoms with Crippen LogP contribution in [-0.2, 0) is 20.7 Å². The first kappa shape index (κ1) is 18.9. The van der Waals surface area contributed by atoms with Crippen LogP contribution in [0.15, 0.2) is 30.3 Å².